The normalized spacial score (nSPS) is 16.3. The third kappa shape index (κ3) is 3.00. The van der Waals surface area contributed by atoms with Gasteiger partial charge in [0.05, 0.1) is 4.90 Å². The SMILES string of the molecule is CN1CCN(c2nc(N)nc(N)c2S(=O)(=O)c2ccccc2)CC1. The van der Waals surface area contributed by atoms with E-state index in [0.717, 1.165) is 13.1 Å². The highest BCUT2D eigenvalue weighted by Crippen LogP contribution is 2.33. The molecule has 1 aromatic heterocycles. The molecule has 2 aromatic rings. The van der Waals surface area contributed by atoms with Gasteiger partial charge in [-0.1, -0.05) is 18.2 Å². The fraction of sp³-hybridized carbons (Fsp3) is 0.333. The van der Waals surface area contributed by atoms with Crippen LogP contribution in [-0.4, -0.2) is 56.5 Å². The molecule has 0 aliphatic carbocycles. The van der Waals surface area contributed by atoms with Crippen LogP contribution in [0.1, 0.15) is 0 Å². The first kappa shape index (κ1) is 16.5. The molecule has 0 radical (unpaired) electrons. The Kier molecular flexibility index (Phi) is 4.29. The zero-order valence-corrected chi connectivity index (χ0v) is 14.2. The van der Waals surface area contributed by atoms with E-state index >= 15 is 0 Å². The van der Waals surface area contributed by atoms with Crippen LogP contribution in [0.4, 0.5) is 17.6 Å². The third-order valence-electron chi connectivity index (χ3n) is 4.02. The van der Waals surface area contributed by atoms with Gasteiger partial charge in [-0.05, 0) is 19.2 Å². The molecule has 24 heavy (non-hydrogen) atoms. The monoisotopic (exact) mass is 348 g/mol. The summed E-state index contributed by atoms with van der Waals surface area (Å²) in [5.74, 6) is 0.116. The van der Waals surface area contributed by atoms with Gasteiger partial charge < -0.3 is 21.3 Å². The maximum atomic E-state index is 13.1. The highest BCUT2D eigenvalue weighted by molar-refractivity contribution is 7.91. The molecule has 2 heterocycles. The van der Waals surface area contributed by atoms with E-state index in [2.05, 4.69) is 14.9 Å². The first-order valence-electron chi connectivity index (χ1n) is 7.56. The number of hydrogen-bond donors (Lipinski definition) is 2. The first-order chi connectivity index (χ1) is 11.4. The van der Waals surface area contributed by atoms with Crippen LogP contribution in [-0.2, 0) is 9.84 Å². The minimum Gasteiger partial charge on any atom is -0.382 e. The molecule has 0 atom stereocenters. The van der Waals surface area contributed by atoms with E-state index in [1.165, 1.54) is 12.1 Å². The molecule has 0 saturated carbocycles. The highest BCUT2D eigenvalue weighted by Gasteiger charge is 2.30. The molecule has 1 fully saturated rings. The number of nitrogens with zero attached hydrogens (tertiary/aromatic N) is 4. The zero-order valence-electron chi connectivity index (χ0n) is 13.4. The Morgan fingerprint density at radius 2 is 1.62 bits per heavy atom. The summed E-state index contributed by atoms with van der Waals surface area (Å²) < 4.78 is 26.1. The third-order valence-corrected chi connectivity index (χ3v) is 5.84. The summed E-state index contributed by atoms with van der Waals surface area (Å²) in [5, 5.41) is 0. The highest BCUT2D eigenvalue weighted by atomic mass is 32.2. The van der Waals surface area contributed by atoms with E-state index in [9.17, 15) is 8.42 Å². The van der Waals surface area contributed by atoms with Gasteiger partial charge >= 0.3 is 0 Å². The molecule has 128 valence electrons. The Morgan fingerprint density at radius 3 is 2.25 bits per heavy atom. The number of sulfone groups is 1. The molecule has 0 bridgehead atoms. The van der Waals surface area contributed by atoms with Gasteiger partial charge in [0, 0.05) is 26.2 Å². The molecule has 4 N–H and O–H groups in total. The summed E-state index contributed by atoms with van der Waals surface area (Å²) in [7, 11) is -1.83. The standard InChI is InChI=1S/C15H20N6O2S/c1-20-7-9-21(10-8-20)14-12(13(16)18-15(17)19-14)24(22,23)11-5-3-2-4-6-11/h2-6H,7-10H2,1H3,(H4,16,17,18,19). The van der Waals surface area contributed by atoms with Crippen molar-refractivity contribution in [1.82, 2.24) is 14.9 Å². The predicted molar refractivity (Wildman–Crippen MR) is 92.5 cm³/mol. The Hall–Kier alpha value is -2.39. The van der Waals surface area contributed by atoms with Crippen molar-refractivity contribution in [3.8, 4) is 0 Å². The van der Waals surface area contributed by atoms with Gasteiger partial charge in [-0.3, -0.25) is 0 Å². The Balaban J connectivity index is 2.14. The number of anilines is 3. The fourth-order valence-electron chi connectivity index (χ4n) is 2.68. The lowest BCUT2D eigenvalue weighted by molar-refractivity contribution is 0.311. The lowest BCUT2D eigenvalue weighted by Crippen LogP contribution is -2.45. The van der Waals surface area contributed by atoms with Crippen molar-refractivity contribution in [2.75, 3.05) is 49.6 Å². The number of rotatable bonds is 3. The van der Waals surface area contributed by atoms with Crippen LogP contribution < -0.4 is 16.4 Å². The summed E-state index contributed by atoms with van der Waals surface area (Å²) >= 11 is 0. The van der Waals surface area contributed by atoms with Crippen molar-refractivity contribution < 1.29 is 8.42 Å². The molecule has 8 nitrogen and oxygen atoms in total. The van der Waals surface area contributed by atoms with E-state index in [1.54, 1.807) is 18.2 Å². The van der Waals surface area contributed by atoms with Gasteiger partial charge in [0.15, 0.2) is 16.5 Å². The number of nitrogen functional groups attached to an aromatic ring is 2. The van der Waals surface area contributed by atoms with Crippen LogP contribution in [0.25, 0.3) is 0 Å². The summed E-state index contributed by atoms with van der Waals surface area (Å²) in [6, 6.07) is 8.13. The lowest BCUT2D eigenvalue weighted by atomic mass is 10.3. The van der Waals surface area contributed by atoms with Crippen molar-refractivity contribution in [2.24, 2.45) is 0 Å². The number of aromatic nitrogens is 2. The number of nitrogens with two attached hydrogens (primary N) is 2. The number of hydrogen-bond acceptors (Lipinski definition) is 8. The minimum atomic E-state index is -3.84. The zero-order chi connectivity index (χ0) is 17.3. The van der Waals surface area contributed by atoms with Gasteiger partial charge in [0.25, 0.3) is 0 Å². The number of benzene rings is 1. The van der Waals surface area contributed by atoms with E-state index in [1.807, 2.05) is 11.9 Å². The molecule has 1 aromatic carbocycles. The average molecular weight is 348 g/mol. The van der Waals surface area contributed by atoms with Crippen LogP contribution in [0.3, 0.4) is 0 Å². The van der Waals surface area contributed by atoms with E-state index in [-0.39, 0.29) is 27.4 Å². The van der Waals surface area contributed by atoms with E-state index in [0.29, 0.717) is 13.1 Å². The molecule has 9 heteroatoms. The summed E-state index contributed by atoms with van der Waals surface area (Å²) in [5.41, 5.74) is 11.6. The lowest BCUT2D eigenvalue weighted by Gasteiger charge is -2.34. The summed E-state index contributed by atoms with van der Waals surface area (Å²) in [4.78, 5) is 12.2. The minimum absolute atomic E-state index is 0.0339. The molecule has 1 saturated heterocycles. The second-order valence-corrected chi connectivity index (χ2v) is 7.61. The predicted octanol–water partition coefficient (Wildman–Crippen LogP) is 0.226. The van der Waals surface area contributed by atoms with Crippen LogP contribution in [0, 0.1) is 0 Å². The van der Waals surface area contributed by atoms with Crippen LogP contribution in [0.2, 0.25) is 0 Å². The van der Waals surface area contributed by atoms with Gasteiger partial charge in [-0.25, -0.2) is 8.42 Å². The quantitative estimate of drug-likeness (QED) is 0.809. The smallest absolute Gasteiger partial charge is 0.224 e. The molecule has 0 amide bonds. The van der Waals surface area contributed by atoms with Crippen LogP contribution >= 0.6 is 0 Å². The molecule has 1 aliphatic heterocycles. The van der Waals surface area contributed by atoms with Crippen molar-refractivity contribution in [2.45, 2.75) is 9.79 Å². The largest absolute Gasteiger partial charge is 0.382 e. The van der Waals surface area contributed by atoms with Gasteiger partial charge in [0.1, 0.15) is 0 Å². The molecule has 0 unspecified atom stereocenters. The van der Waals surface area contributed by atoms with Crippen LogP contribution in [0.5, 0.6) is 0 Å². The second-order valence-electron chi connectivity index (χ2n) is 5.73. The Bertz CT molecular complexity index is 833. The van der Waals surface area contributed by atoms with Crippen molar-refractivity contribution in [3.05, 3.63) is 30.3 Å². The van der Waals surface area contributed by atoms with Gasteiger partial charge in [-0.15, -0.1) is 0 Å². The average Bonchev–Trinajstić information content (AvgIpc) is 2.55. The maximum absolute atomic E-state index is 13.1. The molecule has 0 spiro atoms. The van der Waals surface area contributed by atoms with Crippen LogP contribution in [0.15, 0.2) is 40.1 Å². The summed E-state index contributed by atoms with van der Waals surface area (Å²) in [6.07, 6.45) is 0. The molecule has 1 aliphatic rings. The van der Waals surface area contributed by atoms with E-state index < -0.39 is 9.84 Å². The number of piperazine rings is 1. The second kappa shape index (κ2) is 6.25. The molecular weight excluding hydrogens is 328 g/mol. The Morgan fingerprint density at radius 1 is 1.00 bits per heavy atom. The number of likely N-dealkylation sites (N-methyl/N-ethyl adjacent to an activating group) is 1. The van der Waals surface area contributed by atoms with Gasteiger partial charge in [0.2, 0.25) is 15.8 Å². The maximum Gasteiger partial charge on any atom is 0.224 e. The van der Waals surface area contributed by atoms with Crippen molar-refractivity contribution >= 4 is 27.4 Å². The van der Waals surface area contributed by atoms with E-state index in [4.69, 9.17) is 11.5 Å². The Labute approximate surface area is 141 Å². The first-order valence-corrected chi connectivity index (χ1v) is 9.04. The molecule has 3 rings (SSSR count). The van der Waals surface area contributed by atoms with Crippen molar-refractivity contribution in [1.29, 1.82) is 0 Å². The fourth-order valence-corrected chi connectivity index (χ4v) is 4.17. The molecular formula is C15H20N6O2S. The summed E-state index contributed by atoms with van der Waals surface area (Å²) in [6.45, 7) is 2.89. The van der Waals surface area contributed by atoms with Gasteiger partial charge in [-0.2, -0.15) is 9.97 Å². The van der Waals surface area contributed by atoms with Crippen molar-refractivity contribution in [3.63, 3.8) is 0 Å². The topological polar surface area (TPSA) is 118 Å².